The lowest BCUT2D eigenvalue weighted by atomic mass is 10.2. The minimum atomic E-state index is 0.261. The Kier molecular flexibility index (Phi) is 6.17. The Balaban J connectivity index is 2.14. The number of aliphatic hydroxyl groups excluding tert-OH is 1. The van der Waals surface area contributed by atoms with Crippen LogP contribution in [0.4, 0.5) is 0 Å². The first-order chi connectivity index (χ1) is 7.27. The van der Waals surface area contributed by atoms with Crippen LogP contribution in [-0.4, -0.2) is 74.5 Å². The van der Waals surface area contributed by atoms with Gasteiger partial charge in [0.1, 0.15) is 0 Å². The number of hydrogen-bond donors (Lipinski definition) is 1. The quantitative estimate of drug-likeness (QED) is 0.609. The molecule has 0 saturated carbocycles. The molecule has 1 saturated heterocycles. The van der Waals surface area contributed by atoms with Gasteiger partial charge in [0.25, 0.3) is 0 Å². The first-order valence-corrected chi connectivity index (χ1v) is 5.80. The van der Waals surface area contributed by atoms with Crippen molar-refractivity contribution < 1.29 is 9.84 Å². The Morgan fingerprint density at radius 2 is 2.33 bits per heavy atom. The van der Waals surface area contributed by atoms with E-state index >= 15 is 0 Å². The summed E-state index contributed by atoms with van der Waals surface area (Å²) in [6.45, 7) is 5.36. The van der Waals surface area contributed by atoms with Gasteiger partial charge in [-0.1, -0.05) is 0 Å². The highest BCUT2D eigenvalue weighted by atomic mass is 16.5. The van der Waals surface area contributed by atoms with Crippen LogP contribution in [0.25, 0.3) is 0 Å². The van der Waals surface area contributed by atoms with E-state index in [-0.39, 0.29) is 6.61 Å². The zero-order valence-corrected chi connectivity index (χ0v) is 9.98. The van der Waals surface area contributed by atoms with Gasteiger partial charge in [0.05, 0.1) is 6.61 Å². The Morgan fingerprint density at radius 1 is 1.53 bits per heavy atom. The van der Waals surface area contributed by atoms with Crippen LogP contribution in [0, 0.1) is 0 Å². The van der Waals surface area contributed by atoms with Gasteiger partial charge in [0, 0.05) is 39.4 Å². The van der Waals surface area contributed by atoms with Crippen molar-refractivity contribution in [3.8, 4) is 0 Å². The molecule has 0 bridgehead atoms. The van der Waals surface area contributed by atoms with Gasteiger partial charge in [-0.15, -0.1) is 0 Å². The standard InChI is InChI=1S/C11H24N2O2/c1-12(7-8-14)11-4-6-13(10-11)5-3-9-15-2/h11,14H,3-10H2,1-2H3. The molecule has 1 rings (SSSR count). The van der Waals surface area contributed by atoms with E-state index in [2.05, 4.69) is 16.8 Å². The molecule has 4 heteroatoms. The van der Waals surface area contributed by atoms with Gasteiger partial charge in [0.15, 0.2) is 0 Å². The van der Waals surface area contributed by atoms with E-state index in [9.17, 15) is 0 Å². The van der Waals surface area contributed by atoms with Crippen LogP contribution >= 0.6 is 0 Å². The van der Waals surface area contributed by atoms with Crippen LogP contribution in [-0.2, 0) is 4.74 Å². The minimum absolute atomic E-state index is 0.261. The van der Waals surface area contributed by atoms with Gasteiger partial charge in [-0.05, 0) is 26.4 Å². The Hall–Kier alpha value is -0.160. The fourth-order valence-corrected chi connectivity index (χ4v) is 2.15. The largest absolute Gasteiger partial charge is 0.395 e. The van der Waals surface area contributed by atoms with Crippen LogP contribution in [0.2, 0.25) is 0 Å². The van der Waals surface area contributed by atoms with Gasteiger partial charge in [0.2, 0.25) is 0 Å². The third kappa shape index (κ3) is 4.47. The predicted molar refractivity (Wildman–Crippen MR) is 61.1 cm³/mol. The molecule has 0 spiro atoms. The number of aliphatic hydroxyl groups is 1. The third-order valence-corrected chi connectivity index (χ3v) is 3.15. The molecule has 4 nitrogen and oxygen atoms in total. The summed E-state index contributed by atoms with van der Waals surface area (Å²) in [7, 11) is 3.85. The van der Waals surface area contributed by atoms with Crippen molar-refractivity contribution in [2.75, 3.05) is 53.6 Å². The van der Waals surface area contributed by atoms with Gasteiger partial charge in [-0.2, -0.15) is 0 Å². The monoisotopic (exact) mass is 216 g/mol. The Bertz CT molecular complexity index is 167. The van der Waals surface area contributed by atoms with Gasteiger partial charge in [-0.25, -0.2) is 0 Å². The third-order valence-electron chi connectivity index (χ3n) is 3.15. The Morgan fingerprint density at radius 3 is 3.00 bits per heavy atom. The van der Waals surface area contributed by atoms with Crippen LogP contribution in [0.15, 0.2) is 0 Å². The molecule has 1 heterocycles. The van der Waals surface area contributed by atoms with Crippen molar-refractivity contribution in [2.45, 2.75) is 18.9 Å². The summed E-state index contributed by atoms with van der Waals surface area (Å²) < 4.78 is 5.04. The highest BCUT2D eigenvalue weighted by Gasteiger charge is 2.24. The lowest BCUT2D eigenvalue weighted by molar-refractivity contribution is 0.165. The number of ether oxygens (including phenoxy) is 1. The van der Waals surface area contributed by atoms with Crippen LogP contribution in [0.5, 0.6) is 0 Å². The molecular weight excluding hydrogens is 192 g/mol. The molecule has 1 unspecified atom stereocenters. The maximum absolute atomic E-state index is 8.86. The predicted octanol–water partition coefficient (Wildman–Crippen LogP) is 0.0213. The van der Waals surface area contributed by atoms with Crippen LogP contribution in [0.3, 0.4) is 0 Å². The number of methoxy groups -OCH3 is 1. The molecule has 0 aliphatic carbocycles. The summed E-state index contributed by atoms with van der Waals surface area (Å²) in [6.07, 6.45) is 2.34. The highest BCUT2D eigenvalue weighted by molar-refractivity contribution is 4.81. The van der Waals surface area contributed by atoms with Crippen molar-refractivity contribution in [2.24, 2.45) is 0 Å². The van der Waals surface area contributed by atoms with Crippen LogP contribution < -0.4 is 0 Å². The van der Waals surface area contributed by atoms with Crippen molar-refractivity contribution >= 4 is 0 Å². The normalized spacial score (nSPS) is 22.8. The van der Waals surface area contributed by atoms with E-state index < -0.39 is 0 Å². The molecule has 1 aliphatic heterocycles. The summed E-state index contributed by atoms with van der Waals surface area (Å²) >= 11 is 0. The molecule has 0 radical (unpaired) electrons. The first-order valence-electron chi connectivity index (χ1n) is 5.80. The summed E-state index contributed by atoms with van der Waals surface area (Å²) in [5, 5.41) is 8.86. The fourth-order valence-electron chi connectivity index (χ4n) is 2.15. The molecule has 0 aromatic rings. The van der Waals surface area contributed by atoms with E-state index in [4.69, 9.17) is 9.84 Å². The first kappa shape index (κ1) is 12.9. The van der Waals surface area contributed by atoms with E-state index in [1.54, 1.807) is 7.11 Å². The number of hydrogen-bond acceptors (Lipinski definition) is 4. The second-order valence-corrected chi connectivity index (χ2v) is 4.29. The molecule has 0 amide bonds. The van der Waals surface area contributed by atoms with Gasteiger partial charge < -0.3 is 14.7 Å². The average molecular weight is 216 g/mol. The number of likely N-dealkylation sites (N-methyl/N-ethyl adjacent to an activating group) is 1. The zero-order chi connectivity index (χ0) is 11.1. The van der Waals surface area contributed by atoms with Crippen molar-refractivity contribution in [3.63, 3.8) is 0 Å². The summed E-state index contributed by atoms with van der Waals surface area (Å²) in [5.41, 5.74) is 0. The fraction of sp³-hybridized carbons (Fsp3) is 1.00. The lowest BCUT2D eigenvalue weighted by Crippen LogP contribution is -2.36. The molecule has 15 heavy (non-hydrogen) atoms. The average Bonchev–Trinajstić information content (AvgIpc) is 2.67. The van der Waals surface area contributed by atoms with Crippen LogP contribution in [0.1, 0.15) is 12.8 Å². The lowest BCUT2D eigenvalue weighted by Gasteiger charge is -2.23. The molecule has 90 valence electrons. The SMILES string of the molecule is COCCCN1CCC(N(C)CCO)C1. The number of rotatable bonds is 7. The number of likely N-dealkylation sites (tertiary alicyclic amines) is 1. The van der Waals surface area contributed by atoms with Crippen molar-refractivity contribution in [1.82, 2.24) is 9.80 Å². The van der Waals surface area contributed by atoms with E-state index in [0.717, 1.165) is 32.7 Å². The summed E-state index contributed by atoms with van der Waals surface area (Å²) in [5.74, 6) is 0. The van der Waals surface area contributed by atoms with E-state index in [1.165, 1.54) is 13.0 Å². The topological polar surface area (TPSA) is 35.9 Å². The number of nitrogens with zero attached hydrogens (tertiary/aromatic N) is 2. The molecule has 1 aliphatic rings. The van der Waals surface area contributed by atoms with E-state index in [0.29, 0.717) is 6.04 Å². The minimum Gasteiger partial charge on any atom is -0.395 e. The molecule has 0 aromatic carbocycles. The molecular formula is C11H24N2O2. The van der Waals surface area contributed by atoms with Gasteiger partial charge in [-0.3, -0.25) is 4.90 Å². The van der Waals surface area contributed by atoms with Gasteiger partial charge >= 0.3 is 0 Å². The maximum atomic E-state index is 8.86. The second-order valence-electron chi connectivity index (χ2n) is 4.29. The van der Waals surface area contributed by atoms with E-state index in [1.807, 2.05) is 0 Å². The van der Waals surface area contributed by atoms with Crippen molar-refractivity contribution in [1.29, 1.82) is 0 Å². The Labute approximate surface area is 92.8 Å². The molecule has 1 fully saturated rings. The highest BCUT2D eigenvalue weighted by Crippen LogP contribution is 2.14. The molecule has 1 N–H and O–H groups in total. The van der Waals surface area contributed by atoms with Crippen molar-refractivity contribution in [3.05, 3.63) is 0 Å². The smallest absolute Gasteiger partial charge is 0.0558 e. The molecule has 1 atom stereocenters. The second kappa shape index (κ2) is 7.17. The summed E-state index contributed by atoms with van der Waals surface area (Å²) in [6, 6.07) is 0.625. The molecule has 0 aromatic heterocycles. The summed E-state index contributed by atoms with van der Waals surface area (Å²) in [4.78, 5) is 4.74. The maximum Gasteiger partial charge on any atom is 0.0558 e. The zero-order valence-electron chi connectivity index (χ0n) is 9.98.